The summed E-state index contributed by atoms with van der Waals surface area (Å²) in [5.41, 5.74) is 0.412. The molecular formula is C4H6O2. The number of allylic oxidation sites excluding steroid dienone is 1. The molecular weight excluding hydrogens is 80.0 g/mol. The molecule has 0 atom stereocenters. The van der Waals surface area contributed by atoms with Crippen LogP contribution in [0.2, 0.25) is 0 Å². The number of aldehydes is 1. The predicted molar refractivity (Wildman–Crippen MR) is 22.4 cm³/mol. The normalized spacial score (nSPS) is 12.8. The van der Waals surface area contributed by atoms with Crippen LogP contribution in [0.15, 0.2) is 11.8 Å². The summed E-state index contributed by atoms with van der Waals surface area (Å²) in [6, 6.07) is 0. The molecule has 0 aliphatic rings. The number of rotatable bonds is 2. The van der Waals surface area contributed by atoms with E-state index >= 15 is 0 Å². The molecule has 0 bridgehead atoms. The summed E-state index contributed by atoms with van der Waals surface area (Å²) in [5.74, 6) is 0. The Bertz CT molecular complexity index is 87.7. The van der Waals surface area contributed by atoms with E-state index in [-0.39, 0.29) is 0 Å². The maximum atomic E-state index is 9.66. The van der Waals surface area contributed by atoms with Gasteiger partial charge in [-0.1, -0.05) is 0 Å². The molecule has 1 N–H and O–H groups in total. The van der Waals surface area contributed by atoms with Crippen LogP contribution in [0.25, 0.3) is 1.43 Å². The van der Waals surface area contributed by atoms with Crippen LogP contribution >= 0.6 is 0 Å². The SMILES string of the molecule is [2H]O/C=C(\C)C=O. The number of hydrogen-bond donors (Lipinski definition) is 1. The van der Waals surface area contributed by atoms with Gasteiger partial charge in [-0.2, -0.15) is 0 Å². The fraction of sp³-hybridized carbons (Fsp3) is 0.250. The van der Waals surface area contributed by atoms with Crippen molar-refractivity contribution in [3.63, 3.8) is 0 Å². The summed E-state index contributed by atoms with van der Waals surface area (Å²) in [7, 11) is 0. The van der Waals surface area contributed by atoms with E-state index in [1.54, 1.807) is 6.92 Å². The van der Waals surface area contributed by atoms with E-state index in [1.165, 1.54) is 0 Å². The molecule has 0 radical (unpaired) electrons. The van der Waals surface area contributed by atoms with Gasteiger partial charge in [-0.3, -0.25) is 4.79 Å². The highest BCUT2D eigenvalue weighted by Crippen LogP contribution is 1.77. The molecule has 34 valence electrons. The smallest absolute Gasteiger partial charge is 0.292 e. The molecule has 0 amide bonds. The van der Waals surface area contributed by atoms with E-state index in [4.69, 9.17) is 1.43 Å². The van der Waals surface area contributed by atoms with Gasteiger partial charge in [-0.05, 0) is 6.92 Å². The standard InChI is InChI=1S/C4H6O2/c1-4(2-5)3-6/h2-3,5H,1H3/b4-2+/i/hD. The summed E-state index contributed by atoms with van der Waals surface area (Å²) in [4.78, 5) is 9.66. The Labute approximate surface area is 37.6 Å². The van der Waals surface area contributed by atoms with Gasteiger partial charge in [-0.25, -0.2) is 0 Å². The van der Waals surface area contributed by atoms with Gasteiger partial charge in [0.2, 0.25) is 0 Å². The van der Waals surface area contributed by atoms with Crippen molar-refractivity contribution in [1.82, 2.24) is 0 Å². The second-order valence-electron chi connectivity index (χ2n) is 0.980. The molecule has 0 unspecified atom stereocenters. The van der Waals surface area contributed by atoms with Crippen molar-refractivity contribution in [1.29, 1.82) is 1.43 Å². The lowest BCUT2D eigenvalue weighted by Crippen LogP contribution is -1.71. The van der Waals surface area contributed by atoms with Crippen LogP contribution < -0.4 is 0 Å². The summed E-state index contributed by atoms with van der Waals surface area (Å²) in [6.45, 7) is 1.56. The molecule has 0 aromatic carbocycles. The minimum atomic E-state index is 0.412. The largest absolute Gasteiger partial charge is 0.515 e. The van der Waals surface area contributed by atoms with Crippen molar-refractivity contribution < 1.29 is 9.90 Å². The van der Waals surface area contributed by atoms with Gasteiger partial charge in [0.1, 0.15) is 6.29 Å². The van der Waals surface area contributed by atoms with Crippen LogP contribution in [0.1, 0.15) is 6.92 Å². The Morgan fingerprint density at radius 1 is 2.17 bits per heavy atom. The van der Waals surface area contributed by atoms with Gasteiger partial charge in [-0.15, -0.1) is 0 Å². The minimum absolute atomic E-state index is 0.412. The first-order valence-electron chi connectivity index (χ1n) is 1.96. The maximum absolute atomic E-state index is 9.66. The van der Waals surface area contributed by atoms with Gasteiger partial charge >= 0.3 is 0 Å². The van der Waals surface area contributed by atoms with Crippen molar-refractivity contribution in [3.05, 3.63) is 11.8 Å². The third-order valence-electron chi connectivity index (χ3n) is 0.372. The first kappa shape index (κ1) is 3.40. The fourth-order valence-corrected chi connectivity index (χ4v) is 0.0278. The molecule has 2 nitrogen and oxygen atoms in total. The number of hydrogen-bond acceptors (Lipinski definition) is 2. The highest BCUT2D eigenvalue weighted by molar-refractivity contribution is 5.71. The first-order valence-corrected chi connectivity index (χ1v) is 1.55. The quantitative estimate of drug-likeness (QED) is 0.305. The van der Waals surface area contributed by atoms with Crippen molar-refractivity contribution in [2.75, 3.05) is 0 Å². The van der Waals surface area contributed by atoms with E-state index in [1.807, 2.05) is 0 Å². The molecule has 6 heavy (non-hydrogen) atoms. The van der Waals surface area contributed by atoms with Crippen LogP contribution in [-0.2, 0) is 4.79 Å². The summed E-state index contributed by atoms with van der Waals surface area (Å²) in [6.07, 6.45) is 1.68. The topological polar surface area (TPSA) is 37.3 Å². The number of aliphatic hydroxyl groups is 1. The average Bonchev–Trinajstić information content (AvgIpc) is 1.68. The average molecular weight is 87.1 g/mol. The highest BCUT2D eigenvalue weighted by atomic mass is 16.2. The Hall–Kier alpha value is -0.790. The summed E-state index contributed by atoms with van der Waals surface area (Å²) >= 11 is 0. The van der Waals surface area contributed by atoms with Crippen molar-refractivity contribution in [3.8, 4) is 0 Å². The van der Waals surface area contributed by atoms with Gasteiger partial charge < -0.3 is 5.11 Å². The molecule has 0 aliphatic carbocycles. The lowest BCUT2D eigenvalue weighted by Gasteiger charge is -1.73. The lowest BCUT2D eigenvalue weighted by atomic mass is 10.4. The third-order valence-corrected chi connectivity index (χ3v) is 0.372. The molecule has 0 aromatic heterocycles. The molecule has 0 saturated heterocycles. The van der Waals surface area contributed by atoms with Gasteiger partial charge in [0.05, 0.1) is 6.26 Å². The molecule has 0 aliphatic heterocycles. The van der Waals surface area contributed by atoms with Gasteiger partial charge in [0.25, 0.3) is 1.43 Å². The predicted octanol–water partition coefficient (Wildman–Crippen LogP) is 0.647. The molecule has 0 aromatic rings. The summed E-state index contributed by atoms with van der Waals surface area (Å²) < 4.78 is 6.10. The first-order chi connectivity index (χ1) is 3.31. The summed E-state index contributed by atoms with van der Waals surface area (Å²) in [5, 5.41) is 3.75. The van der Waals surface area contributed by atoms with Crippen LogP contribution in [0.3, 0.4) is 0 Å². The van der Waals surface area contributed by atoms with Gasteiger partial charge in [0.15, 0.2) is 0 Å². The van der Waals surface area contributed by atoms with E-state index in [2.05, 4.69) is 5.11 Å². The Kier molecular flexibility index (Phi) is 1.39. The zero-order valence-corrected chi connectivity index (χ0v) is 3.47. The number of aliphatic hydroxyl groups excluding tert-OH is 1. The van der Waals surface area contributed by atoms with Crippen molar-refractivity contribution >= 4 is 6.29 Å². The molecule has 0 rings (SSSR count). The van der Waals surface area contributed by atoms with E-state index in [0.717, 1.165) is 6.26 Å². The second-order valence-corrected chi connectivity index (χ2v) is 0.980. The van der Waals surface area contributed by atoms with Crippen molar-refractivity contribution in [2.45, 2.75) is 6.92 Å². The molecule has 0 fully saturated rings. The molecule has 2 heteroatoms. The minimum Gasteiger partial charge on any atom is -0.515 e. The Morgan fingerprint density at radius 2 is 2.83 bits per heavy atom. The van der Waals surface area contributed by atoms with Crippen LogP contribution in [0, 0.1) is 0 Å². The zero-order valence-electron chi connectivity index (χ0n) is 4.47. The zero-order chi connectivity index (χ0) is 5.70. The van der Waals surface area contributed by atoms with E-state index < -0.39 is 0 Å². The monoisotopic (exact) mass is 87.0 g/mol. The molecule has 0 saturated carbocycles. The second kappa shape index (κ2) is 2.45. The highest BCUT2D eigenvalue weighted by Gasteiger charge is 1.74. The lowest BCUT2D eigenvalue weighted by molar-refractivity contribution is -0.104. The Balaban J connectivity index is 3.49. The number of carbonyl (C=O) groups excluding carboxylic acids is 1. The van der Waals surface area contributed by atoms with Crippen LogP contribution in [-0.4, -0.2) is 11.4 Å². The van der Waals surface area contributed by atoms with Crippen molar-refractivity contribution in [2.24, 2.45) is 0 Å². The van der Waals surface area contributed by atoms with Crippen LogP contribution in [0.4, 0.5) is 0 Å². The Morgan fingerprint density at radius 3 is 3.00 bits per heavy atom. The van der Waals surface area contributed by atoms with E-state index in [0.29, 0.717) is 11.9 Å². The maximum Gasteiger partial charge on any atom is 0.292 e. The fourth-order valence-electron chi connectivity index (χ4n) is 0.0278. The third kappa shape index (κ3) is 1.52. The van der Waals surface area contributed by atoms with Gasteiger partial charge in [0, 0.05) is 5.57 Å². The number of carbonyl (C=O) groups is 1. The van der Waals surface area contributed by atoms with E-state index in [9.17, 15) is 4.79 Å². The molecule has 0 spiro atoms. The molecule has 0 heterocycles. The van der Waals surface area contributed by atoms with Crippen LogP contribution in [0.5, 0.6) is 0 Å².